The van der Waals surface area contributed by atoms with Crippen LogP contribution in [-0.2, 0) is 16.6 Å². The standard InChI is InChI=1S/C13H10ClF2NO3S/c14-10-6-9(2-3-11(10)15)17-21(19,20)13-4-1-8(7-18)5-12(13)16/h1-6,17-18H,7H2. The molecule has 0 aliphatic heterocycles. The van der Waals surface area contributed by atoms with Crippen LogP contribution in [0.25, 0.3) is 0 Å². The van der Waals surface area contributed by atoms with Crippen molar-refractivity contribution in [3.63, 3.8) is 0 Å². The fraction of sp³-hybridized carbons (Fsp3) is 0.0769. The molecule has 0 atom stereocenters. The van der Waals surface area contributed by atoms with E-state index in [0.717, 1.165) is 24.3 Å². The van der Waals surface area contributed by atoms with Gasteiger partial charge < -0.3 is 5.11 Å². The van der Waals surface area contributed by atoms with Gasteiger partial charge in [0.05, 0.1) is 17.3 Å². The van der Waals surface area contributed by atoms with Crippen LogP contribution in [0.4, 0.5) is 14.5 Å². The number of aliphatic hydroxyl groups excluding tert-OH is 1. The van der Waals surface area contributed by atoms with E-state index in [-0.39, 0.29) is 16.3 Å². The van der Waals surface area contributed by atoms with Crippen LogP contribution in [-0.4, -0.2) is 13.5 Å². The predicted octanol–water partition coefficient (Wildman–Crippen LogP) is 2.91. The first-order valence-electron chi connectivity index (χ1n) is 5.70. The summed E-state index contributed by atoms with van der Waals surface area (Å²) in [6.45, 7) is -0.405. The topological polar surface area (TPSA) is 66.4 Å². The van der Waals surface area contributed by atoms with Gasteiger partial charge in [-0.1, -0.05) is 17.7 Å². The zero-order chi connectivity index (χ0) is 15.6. The lowest BCUT2D eigenvalue weighted by molar-refractivity contribution is 0.281. The molecule has 0 aliphatic carbocycles. The fourth-order valence-electron chi connectivity index (χ4n) is 1.63. The molecule has 0 unspecified atom stereocenters. The second-order valence-corrected chi connectivity index (χ2v) is 6.22. The highest BCUT2D eigenvalue weighted by molar-refractivity contribution is 7.92. The van der Waals surface area contributed by atoms with Gasteiger partial charge >= 0.3 is 0 Å². The van der Waals surface area contributed by atoms with Gasteiger partial charge in [0.1, 0.15) is 16.5 Å². The maximum absolute atomic E-state index is 13.8. The van der Waals surface area contributed by atoms with Crippen LogP contribution in [0, 0.1) is 11.6 Å². The molecule has 0 heterocycles. The lowest BCUT2D eigenvalue weighted by Gasteiger charge is -2.10. The molecular formula is C13H10ClF2NO3S. The SMILES string of the molecule is O=S(=O)(Nc1ccc(F)c(Cl)c1)c1ccc(CO)cc1F. The van der Waals surface area contributed by atoms with Crippen molar-refractivity contribution in [3.05, 3.63) is 58.6 Å². The third-order valence-corrected chi connectivity index (χ3v) is 4.34. The van der Waals surface area contributed by atoms with Crippen LogP contribution in [0.5, 0.6) is 0 Å². The predicted molar refractivity (Wildman–Crippen MR) is 74.5 cm³/mol. The number of benzene rings is 2. The highest BCUT2D eigenvalue weighted by Crippen LogP contribution is 2.23. The van der Waals surface area contributed by atoms with E-state index in [2.05, 4.69) is 4.72 Å². The van der Waals surface area contributed by atoms with Crippen LogP contribution < -0.4 is 4.72 Å². The van der Waals surface area contributed by atoms with Crippen molar-refractivity contribution in [2.45, 2.75) is 11.5 Å². The number of rotatable bonds is 4. The monoisotopic (exact) mass is 333 g/mol. The van der Waals surface area contributed by atoms with Gasteiger partial charge in [0.25, 0.3) is 10.0 Å². The smallest absolute Gasteiger partial charge is 0.264 e. The van der Waals surface area contributed by atoms with Crippen molar-refractivity contribution in [1.82, 2.24) is 0 Å². The quantitative estimate of drug-likeness (QED) is 0.904. The van der Waals surface area contributed by atoms with Gasteiger partial charge in [-0.25, -0.2) is 17.2 Å². The highest BCUT2D eigenvalue weighted by Gasteiger charge is 2.19. The molecule has 112 valence electrons. The van der Waals surface area contributed by atoms with E-state index in [4.69, 9.17) is 16.7 Å². The third-order valence-electron chi connectivity index (χ3n) is 2.64. The van der Waals surface area contributed by atoms with Crippen molar-refractivity contribution in [1.29, 1.82) is 0 Å². The first-order chi connectivity index (χ1) is 9.83. The molecule has 0 aromatic heterocycles. The summed E-state index contributed by atoms with van der Waals surface area (Å²) in [6.07, 6.45) is 0. The third kappa shape index (κ3) is 3.49. The summed E-state index contributed by atoms with van der Waals surface area (Å²) in [7, 11) is -4.19. The Morgan fingerprint density at radius 2 is 1.81 bits per heavy atom. The molecule has 0 saturated carbocycles. The molecule has 2 aromatic rings. The minimum Gasteiger partial charge on any atom is -0.392 e. The van der Waals surface area contributed by atoms with Crippen LogP contribution >= 0.6 is 11.6 Å². The molecule has 2 rings (SSSR count). The summed E-state index contributed by atoms with van der Waals surface area (Å²) in [6, 6.07) is 6.48. The minimum absolute atomic E-state index is 0.00651. The number of aliphatic hydroxyl groups is 1. The second-order valence-electron chi connectivity index (χ2n) is 4.16. The Kier molecular flexibility index (Phi) is 4.46. The number of nitrogens with one attached hydrogen (secondary N) is 1. The Morgan fingerprint density at radius 1 is 1.10 bits per heavy atom. The Balaban J connectivity index is 2.36. The number of hydrogen-bond donors (Lipinski definition) is 2. The number of halogens is 3. The van der Waals surface area contributed by atoms with Crippen molar-refractivity contribution in [3.8, 4) is 0 Å². The first kappa shape index (κ1) is 15.7. The lowest BCUT2D eigenvalue weighted by Crippen LogP contribution is -2.15. The van der Waals surface area contributed by atoms with Crippen LogP contribution in [0.1, 0.15) is 5.56 Å². The number of anilines is 1. The molecular weight excluding hydrogens is 324 g/mol. The van der Waals surface area contributed by atoms with Gasteiger partial charge in [0.2, 0.25) is 0 Å². The summed E-state index contributed by atoms with van der Waals surface area (Å²) in [5.41, 5.74) is 0.253. The Bertz CT molecular complexity index is 781. The van der Waals surface area contributed by atoms with Crippen LogP contribution in [0.2, 0.25) is 5.02 Å². The van der Waals surface area contributed by atoms with Crippen LogP contribution in [0.3, 0.4) is 0 Å². The lowest BCUT2D eigenvalue weighted by atomic mass is 10.2. The largest absolute Gasteiger partial charge is 0.392 e. The molecule has 0 saturated heterocycles. The van der Waals surface area contributed by atoms with Crippen LogP contribution in [0.15, 0.2) is 41.3 Å². The maximum Gasteiger partial charge on any atom is 0.264 e. The fourth-order valence-corrected chi connectivity index (χ4v) is 2.92. The van der Waals surface area contributed by atoms with E-state index in [1.807, 2.05) is 0 Å². The van der Waals surface area contributed by atoms with Crippen molar-refractivity contribution >= 4 is 27.3 Å². The summed E-state index contributed by atoms with van der Waals surface area (Å²) in [5.74, 6) is -1.69. The average molecular weight is 334 g/mol. The number of sulfonamides is 1. The average Bonchev–Trinajstić information content (AvgIpc) is 2.42. The zero-order valence-electron chi connectivity index (χ0n) is 10.5. The van der Waals surface area contributed by atoms with E-state index < -0.39 is 33.2 Å². The molecule has 2 N–H and O–H groups in total. The molecule has 4 nitrogen and oxygen atoms in total. The van der Waals surface area contributed by atoms with E-state index >= 15 is 0 Å². The Hall–Kier alpha value is -1.70. The normalized spacial score (nSPS) is 11.4. The number of hydrogen-bond acceptors (Lipinski definition) is 3. The van der Waals surface area contributed by atoms with Gasteiger partial charge in [0, 0.05) is 0 Å². The van der Waals surface area contributed by atoms with Crippen molar-refractivity contribution < 1.29 is 22.3 Å². The molecule has 8 heteroatoms. The second kappa shape index (κ2) is 5.97. The molecule has 21 heavy (non-hydrogen) atoms. The Morgan fingerprint density at radius 3 is 2.38 bits per heavy atom. The molecule has 2 aromatic carbocycles. The van der Waals surface area contributed by atoms with Gasteiger partial charge in [-0.3, -0.25) is 4.72 Å². The molecule has 0 spiro atoms. The highest BCUT2D eigenvalue weighted by atomic mass is 35.5. The Labute approximate surface area is 125 Å². The molecule has 0 amide bonds. The summed E-state index contributed by atoms with van der Waals surface area (Å²) in [5, 5.41) is 8.61. The van der Waals surface area contributed by atoms with Crippen molar-refractivity contribution in [2.24, 2.45) is 0 Å². The summed E-state index contributed by atoms with van der Waals surface area (Å²) < 4.78 is 53.0. The van der Waals surface area contributed by atoms with Gasteiger partial charge in [-0.05, 0) is 35.9 Å². The summed E-state index contributed by atoms with van der Waals surface area (Å²) in [4.78, 5) is -0.583. The minimum atomic E-state index is -4.19. The maximum atomic E-state index is 13.8. The van der Waals surface area contributed by atoms with E-state index in [0.29, 0.717) is 0 Å². The van der Waals surface area contributed by atoms with Gasteiger partial charge in [-0.2, -0.15) is 0 Å². The van der Waals surface area contributed by atoms with E-state index in [1.54, 1.807) is 0 Å². The molecule has 0 bridgehead atoms. The van der Waals surface area contributed by atoms with Crippen molar-refractivity contribution in [2.75, 3.05) is 4.72 Å². The van der Waals surface area contributed by atoms with E-state index in [9.17, 15) is 17.2 Å². The molecule has 0 aliphatic rings. The van der Waals surface area contributed by atoms with E-state index in [1.165, 1.54) is 12.1 Å². The molecule has 0 radical (unpaired) electrons. The molecule has 0 fully saturated rings. The summed E-state index contributed by atoms with van der Waals surface area (Å²) >= 11 is 5.55. The first-order valence-corrected chi connectivity index (χ1v) is 7.57. The van der Waals surface area contributed by atoms with Gasteiger partial charge in [-0.15, -0.1) is 0 Å². The zero-order valence-corrected chi connectivity index (χ0v) is 12.0. The van der Waals surface area contributed by atoms with Gasteiger partial charge in [0.15, 0.2) is 0 Å².